The van der Waals surface area contributed by atoms with Crippen molar-refractivity contribution in [3.63, 3.8) is 0 Å². The maximum absolute atomic E-state index is 11.4. The molecule has 31 heavy (non-hydrogen) atoms. The number of carbonyl (C=O) groups is 1. The average Bonchev–Trinajstić information content (AvgIpc) is 3.37. The summed E-state index contributed by atoms with van der Waals surface area (Å²) in [6.45, 7) is 9.89. The summed E-state index contributed by atoms with van der Waals surface area (Å²) in [6, 6.07) is 0. The number of nitrogens with one attached hydrogen (secondary N) is 1. The summed E-state index contributed by atoms with van der Waals surface area (Å²) in [5.41, 5.74) is 0. The zero-order valence-corrected chi connectivity index (χ0v) is 20.6. The molecular weight excluding hydrogens is 384 g/mol. The van der Waals surface area contributed by atoms with Gasteiger partial charge in [0.2, 0.25) is 0 Å². The molecule has 1 atom stereocenters. The molecule has 0 aromatic carbocycles. The smallest absolute Gasteiger partial charge is 0.330 e. The third-order valence-corrected chi connectivity index (χ3v) is 5.42. The van der Waals surface area contributed by atoms with Crippen LogP contribution in [0.15, 0.2) is 29.8 Å². The van der Waals surface area contributed by atoms with Crippen LogP contribution in [0.5, 0.6) is 0 Å². The van der Waals surface area contributed by atoms with Crippen molar-refractivity contribution in [1.29, 1.82) is 0 Å². The van der Waals surface area contributed by atoms with Crippen molar-refractivity contribution in [2.45, 2.75) is 123 Å². The molecule has 0 radical (unpaired) electrons. The monoisotopic (exact) mass is 434 g/mol. The second-order valence-corrected chi connectivity index (χ2v) is 8.42. The number of allylic oxidation sites excluding steroid dienone is 1. The van der Waals surface area contributed by atoms with E-state index in [4.69, 9.17) is 4.74 Å². The summed E-state index contributed by atoms with van der Waals surface area (Å²) in [5, 5.41) is 2.93. The highest BCUT2D eigenvalue weighted by molar-refractivity contribution is 5.81. The normalized spacial score (nSPS) is 13.5. The van der Waals surface area contributed by atoms with E-state index >= 15 is 0 Å². The molecule has 4 heteroatoms. The fraction of sp³-hybridized carbons (Fsp3) is 0.778. The third kappa shape index (κ3) is 22.9. The highest BCUT2D eigenvalue weighted by Crippen LogP contribution is 2.13. The summed E-state index contributed by atoms with van der Waals surface area (Å²) in [4.78, 5) is 15.2. The SMILES string of the molecule is C1=NCCN1.C=CC(=O)OC(/C=C/CCCCCCCCCCCCCC)CCCC. The van der Waals surface area contributed by atoms with Gasteiger partial charge in [-0.2, -0.15) is 0 Å². The Labute approximate surface area is 193 Å². The van der Waals surface area contributed by atoms with Gasteiger partial charge in [-0.1, -0.05) is 104 Å². The first kappa shape index (κ1) is 29.4. The van der Waals surface area contributed by atoms with Crippen LogP contribution in [-0.2, 0) is 9.53 Å². The predicted octanol–water partition coefficient (Wildman–Crippen LogP) is 7.54. The van der Waals surface area contributed by atoms with Gasteiger partial charge in [0.15, 0.2) is 0 Å². The number of aliphatic imine (C=N–C) groups is 1. The molecule has 1 N–H and O–H groups in total. The molecule has 0 aliphatic carbocycles. The Balaban J connectivity index is 0.00000156. The van der Waals surface area contributed by atoms with E-state index in [-0.39, 0.29) is 12.1 Å². The Hall–Kier alpha value is -1.58. The highest BCUT2D eigenvalue weighted by atomic mass is 16.5. The van der Waals surface area contributed by atoms with E-state index in [2.05, 4.69) is 42.9 Å². The molecule has 0 aromatic rings. The molecule has 0 amide bonds. The van der Waals surface area contributed by atoms with E-state index < -0.39 is 0 Å². The van der Waals surface area contributed by atoms with Crippen LogP contribution in [0.25, 0.3) is 0 Å². The predicted molar refractivity (Wildman–Crippen MR) is 136 cm³/mol. The van der Waals surface area contributed by atoms with Gasteiger partial charge >= 0.3 is 5.97 Å². The molecule has 1 heterocycles. The van der Waals surface area contributed by atoms with Crippen molar-refractivity contribution in [2.24, 2.45) is 4.99 Å². The average molecular weight is 435 g/mol. The Kier molecular flexibility index (Phi) is 23.4. The molecular formula is C27H50N2O2. The van der Waals surface area contributed by atoms with Crippen LogP contribution in [0.3, 0.4) is 0 Å². The fourth-order valence-electron chi connectivity index (χ4n) is 3.47. The molecule has 0 aromatic heterocycles. The Morgan fingerprint density at radius 3 is 2.00 bits per heavy atom. The van der Waals surface area contributed by atoms with Gasteiger partial charge in [0, 0.05) is 12.6 Å². The molecule has 0 bridgehead atoms. The minimum atomic E-state index is -0.318. The summed E-state index contributed by atoms with van der Waals surface area (Å²) < 4.78 is 5.37. The minimum absolute atomic E-state index is 0.0854. The summed E-state index contributed by atoms with van der Waals surface area (Å²) in [5.74, 6) is -0.318. The van der Waals surface area contributed by atoms with E-state index in [0.717, 1.165) is 38.8 Å². The van der Waals surface area contributed by atoms with Crippen molar-refractivity contribution >= 4 is 12.3 Å². The van der Waals surface area contributed by atoms with Gasteiger partial charge in [0.05, 0.1) is 12.9 Å². The second-order valence-electron chi connectivity index (χ2n) is 8.42. The number of carbonyl (C=O) groups excluding carboxylic acids is 1. The van der Waals surface area contributed by atoms with Crippen LogP contribution >= 0.6 is 0 Å². The molecule has 1 unspecified atom stereocenters. The summed E-state index contributed by atoms with van der Waals surface area (Å²) in [6.07, 6.45) is 27.9. The Bertz CT molecular complexity index is 454. The van der Waals surface area contributed by atoms with E-state index in [9.17, 15) is 4.79 Å². The number of unbranched alkanes of at least 4 members (excludes halogenated alkanes) is 13. The number of nitrogens with zero attached hydrogens (tertiary/aromatic N) is 1. The van der Waals surface area contributed by atoms with Gasteiger partial charge in [-0.15, -0.1) is 0 Å². The van der Waals surface area contributed by atoms with Gasteiger partial charge < -0.3 is 10.1 Å². The number of ether oxygens (including phenoxy) is 1. The molecule has 1 aliphatic heterocycles. The van der Waals surface area contributed by atoms with Gasteiger partial charge in [-0.25, -0.2) is 4.79 Å². The zero-order valence-electron chi connectivity index (χ0n) is 20.6. The van der Waals surface area contributed by atoms with Crippen LogP contribution in [0, 0.1) is 0 Å². The maximum Gasteiger partial charge on any atom is 0.330 e. The number of rotatable bonds is 19. The van der Waals surface area contributed by atoms with Gasteiger partial charge in [-0.3, -0.25) is 4.99 Å². The van der Waals surface area contributed by atoms with Crippen molar-refractivity contribution in [3.05, 3.63) is 24.8 Å². The van der Waals surface area contributed by atoms with Gasteiger partial charge in [0.25, 0.3) is 0 Å². The van der Waals surface area contributed by atoms with Crippen LogP contribution in [0.2, 0.25) is 0 Å². The molecule has 0 saturated heterocycles. The first-order chi connectivity index (χ1) is 15.2. The van der Waals surface area contributed by atoms with E-state index in [0.29, 0.717) is 0 Å². The van der Waals surface area contributed by atoms with Crippen molar-refractivity contribution < 1.29 is 9.53 Å². The maximum atomic E-state index is 11.4. The van der Waals surface area contributed by atoms with Crippen molar-refractivity contribution in [3.8, 4) is 0 Å². The summed E-state index contributed by atoms with van der Waals surface area (Å²) >= 11 is 0. The first-order valence-corrected chi connectivity index (χ1v) is 13.0. The standard InChI is InChI=1S/C24H44O2.C3H6N2/c1-4-7-9-10-11-12-13-14-15-16-17-18-19-20-22-23(21-8-5-2)26-24(25)6-3;1-2-5-3-4-1/h6,20,22-23H,3-5,7-19,21H2,1-2H3;3H,1-2H2,(H,4,5)/b22-20+;. The molecule has 4 nitrogen and oxygen atoms in total. The number of hydrogen-bond donors (Lipinski definition) is 1. The van der Waals surface area contributed by atoms with Crippen LogP contribution < -0.4 is 5.32 Å². The minimum Gasteiger partial charge on any atom is -0.455 e. The molecule has 1 aliphatic rings. The third-order valence-electron chi connectivity index (χ3n) is 5.42. The Morgan fingerprint density at radius 1 is 0.968 bits per heavy atom. The van der Waals surface area contributed by atoms with Crippen LogP contribution in [0.1, 0.15) is 117 Å². The first-order valence-electron chi connectivity index (χ1n) is 13.0. The van der Waals surface area contributed by atoms with E-state index in [1.54, 1.807) is 6.34 Å². The molecule has 180 valence electrons. The topological polar surface area (TPSA) is 50.7 Å². The largest absolute Gasteiger partial charge is 0.455 e. The van der Waals surface area contributed by atoms with Gasteiger partial charge in [-0.05, 0) is 31.8 Å². The zero-order chi connectivity index (χ0) is 22.8. The molecule has 0 saturated carbocycles. The lowest BCUT2D eigenvalue weighted by Crippen LogP contribution is -2.14. The molecule has 1 rings (SSSR count). The van der Waals surface area contributed by atoms with Crippen LogP contribution in [0.4, 0.5) is 0 Å². The van der Waals surface area contributed by atoms with Crippen LogP contribution in [-0.4, -0.2) is 31.5 Å². The second kappa shape index (κ2) is 24.7. The molecule has 0 spiro atoms. The lowest BCUT2D eigenvalue weighted by Gasteiger charge is -2.12. The van der Waals surface area contributed by atoms with Crippen molar-refractivity contribution in [1.82, 2.24) is 5.32 Å². The Morgan fingerprint density at radius 2 is 1.55 bits per heavy atom. The van der Waals surface area contributed by atoms with E-state index in [1.165, 1.54) is 83.1 Å². The van der Waals surface area contributed by atoms with E-state index in [1.807, 2.05) is 0 Å². The highest BCUT2D eigenvalue weighted by Gasteiger charge is 2.07. The molecule has 0 fully saturated rings. The van der Waals surface area contributed by atoms with Crippen molar-refractivity contribution in [2.75, 3.05) is 13.1 Å². The summed E-state index contributed by atoms with van der Waals surface area (Å²) in [7, 11) is 0. The lowest BCUT2D eigenvalue weighted by atomic mass is 10.0. The number of hydrogen-bond acceptors (Lipinski definition) is 4. The van der Waals surface area contributed by atoms with Gasteiger partial charge in [0.1, 0.15) is 6.10 Å². The fourth-order valence-corrected chi connectivity index (χ4v) is 3.47. The lowest BCUT2D eigenvalue weighted by molar-refractivity contribution is -0.141. The number of esters is 1. The quantitative estimate of drug-likeness (QED) is 0.0988.